The van der Waals surface area contributed by atoms with Gasteiger partial charge < -0.3 is 15.5 Å². The first-order chi connectivity index (χ1) is 14.5. The van der Waals surface area contributed by atoms with Gasteiger partial charge in [0.25, 0.3) is 0 Å². The van der Waals surface area contributed by atoms with E-state index in [2.05, 4.69) is 21.1 Å². The van der Waals surface area contributed by atoms with Gasteiger partial charge in [-0.1, -0.05) is 12.1 Å². The maximum Gasteiger partial charge on any atom is 0.248 e. The lowest BCUT2D eigenvalue weighted by Crippen LogP contribution is -2.10. The number of nitrogens with two attached hydrogens (primary N) is 1. The summed E-state index contributed by atoms with van der Waals surface area (Å²) < 4.78 is 7.44. The van der Waals surface area contributed by atoms with Crippen LogP contribution in [0, 0.1) is 0 Å². The number of hydrogen-bond donors (Lipinski definition) is 2. The zero-order valence-corrected chi connectivity index (χ0v) is 16.5. The predicted molar refractivity (Wildman–Crippen MR) is 116 cm³/mol. The van der Waals surface area contributed by atoms with Crippen molar-refractivity contribution in [2.45, 2.75) is 0 Å². The number of methoxy groups -OCH3 is 1. The number of primary amides is 1. The van der Waals surface area contributed by atoms with Gasteiger partial charge in [0.1, 0.15) is 5.75 Å². The number of pyridine rings is 1. The molecule has 7 heteroatoms. The van der Waals surface area contributed by atoms with E-state index in [-0.39, 0.29) is 0 Å². The second-order valence-corrected chi connectivity index (χ2v) is 7.15. The number of carbonyl (C=O) groups excluding carboxylic acids is 1. The molecule has 0 aliphatic heterocycles. The fourth-order valence-electron chi connectivity index (χ4n) is 3.84. The third-order valence-electron chi connectivity index (χ3n) is 5.29. The molecular weight excluding hydrogens is 378 g/mol. The number of rotatable bonds is 4. The minimum absolute atomic E-state index is 0.453. The summed E-state index contributed by atoms with van der Waals surface area (Å²) in [6.07, 6.45) is 5.57. The van der Waals surface area contributed by atoms with Crippen molar-refractivity contribution in [2.75, 3.05) is 7.11 Å². The summed E-state index contributed by atoms with van der Waals surface area (Å²) in [5, 5.41) is 6.31. The molecule has 0 atom stereocenters. The van der Waals surface area contributed by atoms with Crippen LogP contribution in [0.15, 0.2) is 61.1 Å². The topological polar surface area (TPSA) is 98.8 Å². The predicted octanol–water partition coefficient (Wildman–Crippen LogP) is 3.89. The molecule has 1 amide bonds. The van der Waals surface area contributed by atoms with Crippen molar-refractivity contribution < 1.29 is 9.53 Å². The fourth-order valence-corrected chi connectivity index (χ4v) is 3.84. The molecule has 148 valence electrons. The lowest BCUT2D eigenvalue weighted by Gasteiger charge is -2.11. The Morgan fingerprint density at radius 3 is 2.53 bits per heavy atom. The first kappa shape index (κ1) is 17.9. The van der Waals surface area contributed by atoms with Crippen molar-refractivity contribution in [3.8, 4) is 28.1 Å². The summed E-state index contributed by atoms with van der Waals surface area (Å²) in [6, 6.07) is 13.2. The van der Waals surface area contributed by atoms with Gasteiger partial charge in [-0.25, -0.2) is 0 Å². The van der Waals surface area contributed by atoms with Crippen molar-refractivity contribution in [2.24, 2.45) is 12.8 Å². The zero-order chi connectivity index (χ0) is 20.8. The molecule has 0 radical (unpaired) electrons. The molecule has 30 heavy (non-hydrogen) atoms. The van der Waals surface area contributed by atoms with E-state index in [0.29, 0.717) is 5.56 Å². The van der Waals surface area contributed by atoms with Crippen molar-refractivity contribution in [1.29, 1.82) is 0 Å². The van der Waals surface area contributed by atoms with Crippen molar-refractivity contribution in [1.82, 2.24) is 19.7 Å². The molecule has 0 spiro atoms. The van der Waals surface area contributed by atoms with E-state index in [1.807, 2.05) is 43.7 Å². The van der Waals surface area contributed by atoms with Crippen LogP contribution >= 0.6 is 0 Å². The molecule has 3 N–H and O–H groups in total. The van der Waals surface area contributed by atoms with Crippen LogP contribution in [-0.4, -0.2) is 32.8 Å². The molecule has 0 fully saturated rings. The van der Waals surface area contributed by atoms with Gasteiger partial charge in [0.05, 0.1) is 30.7 Å². The smallest absolute Gasteiger partial charge is 0.248 e. The molecule has 7 nitrogen and oxygen atoms in total. The van der Waals surface area contributed by atoms with E-state index >= 15 is 0 Å². The number of fused-ring (bicyclic) bond motifs is 3. The number of aromatic amines is 1. The molecule has 0 bridgehead atoms. The summed E-state index contributed by atoms with van der Waals surface area (Å²) in [5.74, 6) is 0.293. The number of nitrogens with one attached hydrogen (secondary N) is 1. The van der Waals surface area contributed by atoms with Crippen molar-refractivity contribution in [3.05, 3.63) is 66.6 Å². The normalized spacial score (nSPS) is 11.3. The van der Waals surface area contributed by atoms with E-state index in [4.69, 9.17) is 10.5 Å². The summed E-state index contributed by atoms with van der Waals surface area (Å²) in [5.41, 5.74) is 11.4. The SMILES string of the molecule is COc1ccc2[nH]c3cnc(-c4cnn(C)c4)cc3c2c1-c1ccc(C(N)=O)cc1. The molecule has 0 saturated carbocycles. The van der Waals surface area contributed by atoms with E-state index in [0.717, 1.165) is 49.9 Å². The van der Waals surface area contributed by atoms with Gasteiger partial charge in [0.15, 0.2) is 0 Å². The van der Waals surface area contributed by atoms with Gasteiger partial charge in [-0.05, 0) is 35.9 Å². The zero-order valence-electron chi connectivity index (χ0n) is 16.5. The molecule has 5 rings (SSSR count). The van der Waals surface area contributed by atoms with Crippen LogP contribution in [0.5, 0.6) is 5.75 Å². The highest BCUT2D eigenvalue weighted by atomic mass is 16.5. The number of amides is 1. The average molecular weight is 397 g/mol. The van der Waals surface area contributed by atoms with Crippen LogP contribution < -0.4 is 10.5 Å². The minimum atomic E-state index is -0.453. The van der Waals surface area contributed by atoms with Crippen LogP contribution in [-0.2, 0) is 7.05 Å². The quantitative estimate of drug-likeness (QED) is 0.481. The Kier molecular flexibility index (Phi) is 4.03. The highest BCUT2D eigenvalue weighted by Crippen LogP contribution is 2.41. The lowest BCUT2D eigenvalue weighted by atomic mass is 9.97. The second-order valence-electron chi connectivity index (χ2n) is 7.15. The number of H-pyrrole nitrogens is 1. The number of benzene rings is 2. The molecule has 0 aliphatic rings. The standard InChI is InChI=1S/C23H19N5O2/c1-28-12-15(10-26-28)18-9-16-19(11-25-18)27-17-7-8-20(30-2)21(22(16)17)13-3-5-14(6-4-13)23(24)29/h3-12,27H,1-2H3,(H2,24,29). The third-order valence-corrected chi connectivity index (χ3v) is 5.29. The number of carbonyl (C=O) groups is 1. The van der Waals surface area contributed by atoms with E-state index in [1.54, 1.807) is 30.1 Å². The fraction of sp³-hybridized carbons (Fsp3) is 0.0870. The number of ether oxygens (including phenoxy) is 1. The average Bonchev–Trinajstić information content (AvgIpc) is 3.36. The first-order valence-corrected chi connectivity index (χ1v) is 9.43. The van der Waals surface area contributed by atoms with Crippen molar-refractivity contribution in [3.63, 3.8) is 0 Å². The molecule has 3 heterocycles. The van der Waals surface area contributed by atoms with Gasteiger partial charge in [-0.15, -0.1) is 0 Å². The van der Waals surface area contributed by atoms with E-state index in [9.17, 15) is 4.79 Å². The molecule has 2 aromatic carbocycles. The molecule has 0 unspecified atom stereocenters. The third kappa shape index (κ3) is 2.79. The number of aromatic nitrogens is 4. The van der Waals surface area contributed by atoms with Gasteiger partial charge in [0.2, 0.25) is 5.91 Å². The monoisotopic (exact) mass is 397 g/mol. The van der Waals surface area contributed by atoms with Gasteiger partial charge >= 0.3 is 0 Å². The molecule has 5 aromatic rings. The Balaban J connectivity index is 1.80. The number of nitrogens with zero attached hydrogens (tertiary/aromatic N) is 3. The Bertz CT molecular complexity index is 1410. The van der Waals surface area contributed by atoms with Crippen LogP contribution in [0.1, 0.15) is 10.4 Å². The number of aryl methyl sites for hydroxylation is 1. The van der Waals surface area contributed by atoms with Gasteiger partial charge in [0, 0.05) is 46.2 Å². The molecular formula is C23H19N5O2. The summed E-state index contributed by atoms with van der Waals surface area (Å²) >= 11 is 0. The molecule has 0 saturated heterocycles. The highest BCUT2D eigenvalue weighted by molar-refractivity contribution is 6.16. The Labute approximate surface area is 172 Å². The Morgan fingerprint density at radius 2 is 1.87 bits per heavy atom. The minimum Gasteiger partial charge on any atom is -0.496 e. The summed E-state index contributed by atoms with van der Waals surface area (Å²) in [7, 11) is 3.53. The Hall–Kier alpha value is -4.13. The molecule has 3 aromatic heterocycles. The maximum absolute atomic E-state index is 11.5. The summed E-state index contributed by atoms with van der Waals surface area (Å²) in [6.45, 7) is 0. The number of hydrogen-bond acceptors (Lipinski definition) is 4. The highest BCUT2D eigenvalue weighted by Gasteiger charge is 2.17. The Morgan fingerprint density at radius 1 is 1.07 bits per heavy atom. The molecule has 0 aliphatic carbocycles. The van der Waals surface area contributed by atoms with Crippen LogP contribution in [0.4, 0.5) is 0 Å². The van der Waals surface area contributed by atoms with Crippen LogP contribution in [0.2, 0.25) is 0 Å². The van der Waals surface area contributed by atoms with Crippen molar-refractivity contribution >= 4 is 27.7 Å². The van der Waals surface area contributed by atoms with Crippen LogP contribution in [0.25, 0.3) is 44.2 Å². The van der Waals surface area contributed by atoms with Gasteiger partial charge in [-0.2, -0.15) is 5.10 Å². The maximum atomic E-state index is 11.5. The van der Waals surface area contributed by atoms with E-state index < -0.39 is 5.91 Å². The largest absolute Gasteiger partial charge is 0.496 e. The summed E-state index contributed by atoms with van der Waals surface area (Å²) in [4.78, 5) is 19.5. The van der Waals surface area contributed by atoms with Gasteiger partial charge in [-0.3, -0.25) is 14.5 Å². The van der Waals surface area contributed by atoms with Crippen LogP contribution in [0.3, 0.4) is 0 Å². The van der Waals surface area contributed by atoms with E-state index in [1.165, 1.54) is 0 Å². The lowest BCUT2D eigenvalue weighted by molar-refractivity contribution is 0.100. The first-order valence-electron chi connectivity index (χ1n) is 9.43. The second kappa shape index (κ2) is 6.73.